The van der Waals surface area contributed by atoms with Crippen molar-refractivity contribution >= 4 is 27.3 Å². The third kappa shape index (κ3) is 4.23. The molecule has 1 N–H and O–H groups in total. The lowest BCUT2D eigenvalue weighted by molar-refractivity contribution is -0.911. The van der Waals surface area contributed by atoms with E-state index in [1.54, 1.807) is 11.3 Å². The first-order chi connectivity index (χ1) is 11.6. The van der Waals surface area contributed by atoms with Gasteiger partial charge in [-0.2, -0.15) is 0 Å². The number of halogens is 1. The molecule has 0 spiro atoms. The Morgan fingerprint density at radius 1 is 1.25 bits per heavy atom. The first-order valence-corrected chi connectivity index (χ1v) is 9.38. The maximum absolute atomic E-state index is 5.81. The molecule has 0 fully saturated rings. The van der Waals surface area contributed by atoms with E-state index < -0.39 is 0 Å². The van der Waals surface area contributed by atoms with Crippen LogP contribution in [0.5, 0.6) is 5.75 Å². The fourth-order valence-corrected chi connectivity index (χ4v) is 3.11. The lowest BCUT2D eigenvalue weighted by Crippen LogP contribution is -3.09. The molecule has 1 unspecified atom stereocenters. The molecule has 0 aliphatic heterocycles. The monoisotopic (exact) mass is 408 g/mol. The second-order valence-electron chi connectivity index (χ2n) is 5.54. The van der Waals surface area contributed by atoms with Crippen molar-refractivity contribution in [2.24, 2.45) is 0 Å². The van der Waals surface area contributed by atoms with Crippen LogP contribution >= 0.6 is 27.3 Å². The summed E-state index contributed by atoms with van der Waals surface area (Å²) in [5.41, 5.74) is 0. The van der Waals surface area contributed by atoms with Gasteiger partial charge in [-0.15, -0.1) is 21.5 Å². The summed E-state index contributed by atoms with van der Waals surface area (Å²) in [7, 11) is 2.10. The van der Waals surface area contributed by atoms with Crippen LogP contribution in [0.25, 0.3) is 10.8 Å². The summed E-state index contributed by atoms with van der Waals surface area (Å²) in [5.74, 6) is 2.11. The molecule has 0 radical (unpaired) electrons. The normalized spacial score (nSPS) is 13.6. The van der Waals surface area contributed by atoms with E-state index >= 15 is 0 Å². The van der Waals surface area contributed by atoms with Crippen molar-refractivity contribution in [2.45, 2.75) is 13.0 Å². The van der Waals surface area contributed by atoms with Crippen LogP contribution in [0.3, 0.4) is 0 Å². The molecule has 7 heteroatoms. The average Bonchev–Trinajstić information content (AvgIpc) is 3.27. The lowest BCUT2D eigenvalue weighted by atomic mass is 10.3. The molecule has 0 amide bonds. The number of aromatic nitrogens is 2. The van der Waals surface area contributed by atoms with Crippen LogP contribution < -0.4 is 9.64 Å². The average molecular weight is 409 g/mol. The molecule has 3 rings (SSSR count). The topological polar surface area (TPSA) is 52.6 Å². The lowest BCUT2D eigenvalue weighted by Gasteiger charge is -2.18. The highest BCUT2D eigenvalue weighted by Gasteiger charge is 2.22. The Bertz CT molecular complexity index is 759. The molecule has 0 saturated heterocycles. The Kier molecular flexibility index (Phi) is 5.65. The van der Waals surface area contributed by atoms with Gasteiger partial charge in [0.25, 0.3) is 11.8 Å². The van der Waals surface area contributed by atoms with Crippen LogP contribution in [0.2, 0.25) is 0 Å². The number of nitrogens with zero attached hydrogens (tertiary/aromatic N) is 2. The molecule has 0 aliphatic rings. The van der Waals surface area contributed by atoms with Gasteiger partial charge in [-0.1, -0.05) is 22.0 Å². The molecule has 2 aromatic heterocycles. The quantitative estimate of drug-likeness (QED) is 0.651. The van der Waals surface area contributed by atoms with E-state index in [2.05, 4.69) is 40.1 Å². The standard InChI is InChI=1S/C17H18BrN3O2S/c1-12(16-19-20-17(23-16)15-4-3-11-24-15)21(2)9-10-22-14-7-5-13(18)6-8-14/h3-8,11-12H,9-10H2,1-2H3/p+1/t12-/m1/s1. The number of ether oxygens (including phenoxy) is 1. The number of quaternary nitrogens is 1. The number of thiophene rings is 1. The van der Waals surface area contributed by atoms with Crippen molar-refractivity contribution in [2.75, 3.05) is 20.2 Å². The van der Waals surface area contributed by atoms with Gasteiger partial charge in [0, 0.05) is 4.47 Å². The highest BCUT2D eigenvalue weighted by atomic mass is 79.9. The highest BCUT2D eigenvalue weighted by molar-refractivity contribution is 9.10. The molecule has 3 aromatic rings. The van der Waals surface area contributed by atoms with Gasteiger partial charge < -0.3 is 14.1 Å². The Hall–Kier alpha value is -1.70. The van der Waals surface area contributed by atoms with E-state index in [-0.39, 0.29) is 6.04 Å². The van der Waals surface area contributed by atoms with Crippen molar-refractivity contribution < 1.29 is 14.1 Å². The smallest absolute Gasteiger partial charge is 0.274 e. The number of nitrogens with one attached hydrogen (secondary N) is 1. The van der Waals surface area contributed by atoms with E-state index in [0.717, 1.165) is 21.6 Å². The summed E-state index contributed by atoms with van der Waals surface area (Å²) >= 11 is 5.01. The molecule has 1 aromatic carbocycles. The maximum atomic E-state index is 5.81. The number of benzene rings is 1. The fourth-order valence-electron chi connectivity index (χ4n) is 2.20. The fraction of sp³-hybridized carbons (Fsp3) is 0.294. The summed E-state index contributed by atoms with van der Waals surface area (Å²) in [5, 5.41) is 10.3. The summed E-state index contributed by atoms with van der Waals surface area (Å²) in [6, 6.07) is 11.9. The van der Waals surface area contributed by atoms with Crippen molar-refractivity contribution in [1.29, 1.82) is 0 Å². The van der Waals surface area contributed by atoms with Crippen LogP contribution in [0.15, 0.2) is 50.7 Å². The van der Waals surface area contributed by atoms with Gasteiger partial charge in [0.1, 0.15) is 18.9 Å². The van der Waals surface area contributed by atoms with E-state index in [4.69, 9.17) is 9.15 Å². The zero-order chi connectivity index (χ0) is 16.9. The summed E-state index contributed by atoms with van der Waals surface area (Å²) in [4.78, 5) is 2.26. The van der Waals surface area contributed by atoms with Crippen LogP contribution in [0.4, 0.5) is 0 Å². The Morgan fingerprint density at radius 3 is 2.75 bits per heavy atom. The van der Waals surface area contributed by atoms with Gasteiger partial charge in [-0.25, -0.2) is 0 Å². The third-order valence-electron chi connectivity index (χ3n) is 3.86. The zero-order valence-corrected chi connectivity index (χ0v) is 15.9. The van der Waals surface area contributed by atoms with Crippen LogP contribution in [-0.4, -0.2) is 30.4 Å². The number of hydrogen-bond donors (Lipinski definition) is 1. The Labute approximate surface area is 153 Å². The van der Waals surface area contributed by atoms with Crippen molar-refractivity contribution in [3.63, 3.8) is 0 Å². The van der Waals surface area contributed by atoms with Gasteiger partial charge in [-0.05, 0) is 42.6 Å². The van der Waals surface area contributed by atoms with E-state index in [1.165, 1.54) is 4.90 Å². The predicted octanol–water partition coefficient (Wildman–Crippen LogP) is 3.22. The number of hydrogen-bond acceptors (Lipinski definition) is 5. The van der Waals surface area contributed by atoms with Crippen LogP contribution in [0.1, 0.15) is 18.9 Å². The van der Waals surface area contributed by atoms with E-state index in [1.807, 2.05) is 41.8 Å². The SMILES string of the molecule is C[C@H](c1nnc(-c2cccs2)o1)[NH+](C)CCOc1ccc(Br)cc1. The molecule has 126 valence electrons. The molecular formula is C17H19BrN3O2S+. The molecule has 2 heterocycles. The van der Waals surface area contributed by atoms with Gasteiger partial charge in [0.05, 0.1) is 11.9 Å². The molecule has 5 nitrogen and oxygen atoms in total. The van der Waals surface area contributed by atoms with Gasteiger partial charge in [-0.3, -0.25) is 0 Å². The summed E-state index contributed by atoms with van der Waals surface area (Å²) < 4.78 is 12.6. The van der Waals surface area contributed by atoms with Crippen molar-refractivity contribution in [1.82, 2.24) is 10.2 Å². The first-order valence-electron chi connectivity index (χ1n) is 7.71. The minimum absolute atomic E-state index is 0.111. The van der Waals surface area contributed by atoms with Gasteiger partial charge in [0.2, 0.25) is 0 Å². The number of likely N-dealkylation sites (N-methyl/N-ethyl adjacent to an activating group) is 1. The third-order valence-corrected chi connectivity index (χ3v) is 5.25. The van der Waals surface area contributed by atoms with Crippen LogP contribution in [-0.2, 0) is 0 Å². The summed E-state index contributed by atoms with van der Waals surface area (Å²) in [6.07, 6.45) is 0. The van der Waals surface area contributed by atoms with Crippen molar-refractivity contribution in [3.05, 3.63) is 52.1 Å². The van der Waals surface area contributed by atoms with E-state index in [0.29, 0.717) is 18.4 Å². The minimum Gasteiger partial charge on any atom is -0.488 e. The minimum atomic E-state index is 0.111. The van der Waals surface area contributed by atoms with Gasteiger partial charge in [0.15, 0.2) is 6.04 Å². The maximum Gasteiger partial charge on any atom is 0.274 e. The molecule has 2 atom stereocenters. The molecule has 24 heavy (non-hydrogen) atoms. The Morgan fingerprint density at radius 2 is 2.04 bits per heavy atom. The first kappa shape index (κ1) is 17.1. The molecule has 0 bridgehead atoms. The van der Waals surface area contributed by atoms with E-state index in [9.17, 15) is 0 Å². The van der Waals surface area contributed by atoms with Gasteiger partial charge >= 0.3 is 0 Å². The zero-order valence-electron chi connectivity index (χ0n) is 13.5. The predicted molar refractivity (Wildman–Crippen MR) is 97.4 cm³/mol. The van der Waals surface area contributed by atoms with Crippen molar-refractivity contribution in [3.8, 4) is 16.5 Å². The summed E-state index contributed by atoms with van der Waals surface area (Å²) in [6.45, 7) is 3.55. The highest BCUT2D eigenvalue weighted by Crippen LogP contribution is 2.24. The molecular weight excluding hydrogens is 390 g/mol. The Balaban J connectivity index is 1.53. The number of rotatable bonds is 7. The van der Waals surface area contributed by atoms with Crippen LogP contribution in [0, 0.1) is 0 Å². The molecule has 0 aliphatic carbocycles. The second kappa shape index (κ2) is 7.92. The molecule has 0 saturated carbocycles. The largest absolute Gasteiger partial charge is 0.488 e. The second-order valence-corrected chi connectivity index (χ2v) is 7.41.